The number of para-hydroxylation sites is 1. The Kier molecular flexibility index (Phi) is 2.62. The van der Waals surface area contributed by atoms with Gasteiger partial charge in [-0.25, -0.2) is 0 Å². The zero-order chi connectivity index (χ0) is 10.7. The average Bonchev–Trinajstić information content (AvgIpc) is 2.49. The summed E-state index contributed by atoms with van der Waals surface area (Å²) in [7, 11) is 0. The van der Waals surface area contributed by atoms with E-state index in [1.165, 1.54) is 0 Å². The molecule has 0 fully saturated rings. The van der Waals surface area contributed by atoms with Crippen LogP contribution in [0.1, 0.15) is 5.56 Å². The second-order valence-corrected chi connectivity index (χ2v) is 3.34. The zero-order valence-corrected chi connectivity index (χ0v) is 8.26. The lowest BCUT2D eigenvalue weighted by Gasteiger charge is -2.18. The second kappa shape index (κ2) is 4.08. The third-order valence-electron chi connectivity index (χ3n) is 2.38. The van der Waals surface area contributed by atoms with Gasteiger partial charge in [0, 0.05) is 12.1 Å². The fraction of sp³-hybridized carbons (Fsp3) is 0.300. The minimum atomic E-state index is 0.121. The van der Waals surface area contributed by atoms with Crippen LogP contribution in [0.3, 0.4) is 0 Å². The van der Waals surface area contributed by atoms with Gasteiger partial charge in [0.15, 0.2) is 0 Å². The van der Waals surface area contributed by atoms with Crippen molar-refractivity contribution in [1.82, 2.24) is 4.90 Å². The molecule has 1 aliphatic heterocycles. The highest BCUT2D eigenvalue weighted by atomic mass is 16.5. The van der Waals surface area contributed by atoms with Gasteiger partial charge in [0.2, 0.25) is 5.96 Å². The highest BCUT2D eigenvalue weighted by Crippen LogP contribution is 2.21. The normalized spacial score (nSPS) is 16.5. The Hall–Kier alpha value is -1.91. The molecule has 2 rings (SSSR count). The van der Waals surface area contributed by atoms with Gasteiger partial charge >= 0.3 is 0 Å². The fourth-order valence-electron chi connectivity index (χ4n) is 1.58. The quantitative estimate of drug-likeness (QED) is 0.282. The lowest BCUT2D eigenvalue weighted by Crippen LogP contribution is -2.38. The minimum Gasteiger partial charge on any atom is -0.491 e. The Morgan fingerprint density at radius 3 is 3.07 bits per heavy atom. The molecule has 0 saturated carbocycles. The number of guanidine groups is 1. The predicted octanol–water partition coefficient (Wildman–Crippen LogP) is 0.585. The molecule has 0 unspecified atom stereocenters. The van der Waals surface area contributed by atoms with E-state index in [1.807, 2.05) is 24.3 Å². The summed E-state index contributed by atoms with van der Waals surface area (Å²) in [5.74, 6) is 0.987. The minimum absolute atomic E-state index is 0.121. The van der Waals surface area contributed by atoms with Crippen LogP contribution in [0.2, 0.25) is 0 Å². The number of fused-ring (bicyclic) bond motifs is 1. The molecule has 0 radical (unpaired) electrons. The third kappa shape index (κ3) is 1.96. The number of nitrogens with zero attached hydrogens (tertiary/aromatic N) is 2. The van der Waals surface area contributed by atoms with Crippen LogP contribution >= 0.6 is 0 Å². The number of nitrogens with two attached hydrogens (primary N) is 1. The van der Waals surface area contributed by atoms with Gasteiger partial charge < -0.3 is 20.6 Å². The van der Waals surface area contributed by atoms with E-state index in [4.69, 9.17) is 15.7 Å². The second-order valence-electron chi connectivity index (χ2n) is 3.34. The monoisotopic (exact) mass is 207 g/mol. The molecule has 1 aliphatic rings. The van der Waals surface area contributed by atoms with Crippen LogP contribution in [0.25, 0.3) is 0 Å². The summed E-state index contributed by atoms with van der Waals surface area (Å²) in [5, 5.41) is 11.6. The number of benzene rings is 1. The number of rotatable bonds is 0. The van der Waals surface area contributed by atoms with Crippen LogP contribution in [0.4, 0.5) is 0 Å². The largest absolute Gasteiger partial charge is 0.491 e. The Morgan fingerprint density at radius 2 is 2.27 bits per heavy atom. The molecule has 0 saturated heterocycles. The van der Waals surface area contributed by atoms with Crippen LogP contribution in [0.5, 0.6) is 5.75 Å². The van der Waals surface area contributed by atoms with Crippen molar-refractivity contribution in [2.45, 2.75) is 6.54 Å². The summed E-state index contributed by atoms with van der Waals surface area (Å²) in [6.07, 6.45) is 0. The Labute approximate surface area is 87.7 Å². The molecule has 0 bridgehead atoms. The van der Waals surface area contributed by atoms with Crippen molar-refractivity contribution < 1.29 is 9.94 Å². The first-order valence-electron chi connectivity index (χ1n) is 4.74. The van der Waals surface area contributed by atoms with E-state index in [-0.39, 0.29) is 5.96 Å². The fourth-order valence-corrected chi connectivity index (χ4v) is 1.58. The van der Waals surface area contributed by atoms with Crippen LogP contribution in [-0.2, 0) is 6.54 Å². The molecule has 0 atom stereocenters. The lowest BCUT2D eigenvalue weighted by molar-refractivity contribution is 0.270. The average molecular weight is 207 g/mol. The zero-order valence-electron chi connectivity index (χ0n) is 8.26. The summed E-state index contributed by atoms with van der Waals surface area (Å²) in [4.78, 5) is 1.77. The van der Waals surface area contributed by atoms with E-state index in [9.17, 15) is 0 Å². The molecule has 0 aliphatic carbocycles. The number of oxime groups is 1. The van der Waals surface area contributed by atoms with E-state index in [0.29, 0.717) is 19.7 Å². The van der Waals surface area contributed by atoms with Gasteiger partial charge in [-0.2, -0.15) is 0 Å². The van der Waals surface area contributed by atoms with Crippen molar-refractivity contribution >= 4 is 5.96 Å². The molecule has 80 valence electrons. The van der Waals surface area contributed by atoms with Gasteiger partial charge in [-0.15, -0.1) is 0 Å². The maximum Gasteiger partial charge on any atom is 0.233 e. The van der Waals surface area contributed by atoms with Crippen molar-refractivity contribution in [2.24, 2.45) is 10.9 Å². The molecular formula is C10H13N3O2. The molecule has 5 heteroatoms. The molecule has 15 heavy (non-hydrogen) atoms. The lowest BCUT2D eigenvalue weighted by atomic mass is 10.2. The van der Waals surface area contributed by atoms with Gasteiger partial charge in [0.05, 0.1) is 6.54 Å². The summed E-state index contributed by atoms with van der Waals surface area (Å²) in [6, 6.07) is 7.76. The van der Waals surface area contributed by atoms with Crippen LogP contribution in [-0.4, -0.2) is 29.2 Å². The number of hydrogen-bond acceptors (Lipinski definition) is 3. The Morgan fingerprint density at radius 1 is 1.47 bits per heavy atom. The molecule has 0 aromatic heterocycles. The molecule has 1 heterocycles. The van der Waals surface area contributed by atoms with Gasteiger partial charge in [-0.3, -0.25) is 0 Å². The van der Waals surface area contributed by atoms with Crippen molar-refractivity contribution in [3.8, 4) is 5.75 Å². The van der Waals surface area contributed by atoms with E-state index < -0.39 is 0 Å². The van der Waals surface area contributed by atoms with E-state index in [1.54, 1.807) is 4.90 Å². The molecule has 3 N–H and O–H groups in total. The van der Waals surface area contributed by atoms with E-state index in [2.05, 4.69) is 5.16 Å². The highest BCUT2D eigenvalue weighted by molar-refractivity contribution is 5.77. The summed E-state index contributed by atoms with van der Waals surface area (Å²) in [5.41, 5.74) is 6.59. The van der Waals surface area contributed by atoms with E-state index in [0.717, 1.165) is 11.3 Å². The third-order valence-corrected chi connectivity index (χ3v) is 2.38. The number of hydrogen-bond donors (Lipinski definition) is 2. The van der Waals surface area contributed by atoms with Crippen molar-refractivity contribution in [1.29, 1.82) is 0 Å². The van der Waals surface area contributed by atoms with Gasteiger partial charge in [-0.05, 0) is 6.07 Å². The maximum absolute atomic E-state index is 8.61. The molecule has 0 amide bonds. The van der Waals surface area contributed by atoms with Crippen LogP contribution in [0, 0.1) is 0 Å². The molecule has 1 aromatic rings. The van der Waals surface area contributed by atoms with Crippen LogP contribution < -0.4 is 10.5 Å². The molecular weight excluding hydrogens is 194 g/mol. The van der Waals surface area contributed by atoms with Gasteiger partial charge in [0.25, 0.3) is 0 Å². The van der Waals surface area contributed by atoms with Crippen LogP contribution in [0.15, 0.2) is 29.4 Å². The molecule has 1 aromatic carbocycles. The van der Waals surface area contributed by atoms with E-state index >= 15 is 0 Å². The first-order valence-corrected chi connectivity index (χ1v) is 4.74. The van der Waals surface area contributed by atoms with Crippen molar-refractivity contribution in [3.05, 3.63) is 29.8 Å². The first-order chi connectivity index (χ1) is 7.31. The Bertz CT molecular complexity index is 379. The first kappa shape index (κ1) is 9.64. The van der Waals surface area contributed by atoms with Crippen molar-refractivity contribution in [2.75, 3.05) is 13.2 Å². The van der Waals surface area contributed by atoms with Crippen molar-refractivity contribution in [3.63, 3.8) is 0 Å². The standard InChI is InChI=1S/C10H13N3O2/c11-10(12-14)13-5-6-15-9-4-2-1-3-8(9)7-13/h1-4,14H,5-7H2,(H2,11,12). The highest BCUT2D eigenvalue weighted by Gasteiger charge is 2.16. The smallest absolute Gasteiger partial charge is 0.233 e. The summed E-state index contributed by atoms with van der Waals surface area (Å²) >= 11 is 0. The predicted molar refractivity (Wildman–Crippen MR) is 55.8 cm³/mol. The molecule has 5 nitrogen and oxygen atoms in total. The van der Waals surface area contributed by atoms with Gasteiger partial charge in [-0.1, -0.05) is 23.4 Å². The molecule has 0 spiro atoms. The topological polar surface area (TPSA) is 71.1 Å². The summed E-state index contributed by atoms with van der Waals surface area (Å²) in [6.45, 7) is 1.75. The van der Waals surface area contributed by atoms with Gasteiger partial charge in [0.1, 0.15) is 12.4 Å². The Balaban J connectivity index is 2.25. The number of ether oxygens (including phenoxy) is 1. The summed E-state index contributed by atoms with van der Waals surface area (Å²) < 4.78 is 5.54. The SMILES string of the molecule is NC(=NO)N1CCOc2ccccc2C1. The maximum atomic E-state index is 8.61.